The Labute approximate surface area is 94.0 Å². The standard InChI is InChI=1S/C10H13N3OS/c1-2-11-10(15)13-12-7-8-3-5-9(14)6-4-8/h3-7,14H,2H2,1H3,(H2,11,13,15). The van der Waals surface area contributed by atoms with E-state index in [1.165, 1.54) is 0 Å². The van der Waals surface area contributed by atoms with Crippen molar-refractivity contribution in [2.24, 2.45) is 5.10 Å². The second kappa shape index (κ2) is 5.98. The van der Waals surface area contributed by atoms with E-state index in [1.807, 2.05) is 6.92 Å². The highest BCUT2D eigenvalue weighted by Crippen LogP contribution is 2.07. The van der Waals surface area contributed by atoms with Crippen LogP contribution in [0.4, 0.5) is 0 Å². The van der Waals surface area contributed by atoms with Crippen LogP contribution in [0.25, 0.3) is 0 Å². The van der Waals surface area contributed by atoms with Crippen LogP contribution in [0.1, 0.15) is 12.5 Å². The van der Waals surface area contributed by atoms with Crippen molar-refractivity contribution in [3.63, 3.8) is 0 Å². The molecule has 1 rings (SSSR count). The number of nitrogens with zero attached hydrogens (tertiary/aromatic N) is 1. The molecular formula is C10H13N3OS. The zero-order valence-corrected chi connectivity index (χ0v) is 9.21. The molecule has 3 N–H and O–H groups in total. The third-order valence-corrected chi connectivity index (χ3v) is 1.85. The first-order chi connectivity index (χ1) is 7.22. The fourth-order valence-corrected chi connectivity index (χ4v) is 1.12. The number of aromatic hydroxyl groups is 1. The van der Waals surface area contributed by atoms with Crippen LogP contribution in [0.5, 0.6) is 5.75 Å². The van der Waals surface area contributed by atoms with E-state index in [2.05, 4.69) is 15.8 Å². The van der Waals surface area contributed by atoms with Gasteiger partial charge in [0.1, 0.15) is 5.75 Å². The number of rotatable bonds is 3. The van der Waals surface area contributed by atoms with Crippen molar-refractivity contribution in [2.75, 3.05) is 6.54 Å². The first-order valence-corrected chi connectivity index (χ1v) is 4.99. The van der Waals surface area contributed by atoms with Gasteiger partial charge in [0.15, 0.2) is 5.11 Å². The summed E-state index contributed by atoms with van der Waals surface area (Å²) in [6, 6.07) is 6.72. The Morgan fingerprint density at radius 2 is 2.13 bits per heavy atom. The lowest BCUT2D eigenvalue weighted by atomic mass is 10.2. The molecule has 0 saturated heterocycles. The first-order valence-electron chi connectivity index (χ1n) is 4.58. The predicted octanol–water partition coefficient (Wildman–Crippen LogP) is 1.21. The molecule has 0 aliphatic heterocycles. The van der Waals surface area contributed by atoms with E-state index in [4.69, 9.17) is 17.3 Å². The summed E-state index contributed by atoms with van der Waals surface area (Å²) in [5.74, 6) is 0.239. The smallest absolute Gasteiger partial charge is 0.186 e. The summed E-state index contributed by atoms with van der Waals surface area (Å²) in [6.07, 6.45) is 1.63. The molecule has 0 saturated carbocycles. The van der Waals surface area contributed by atoms with Gasteiger partial charge in [0.05, 0.1) is 6.21 Å². The topological polar surface area (TPSA) is 56.7 Å². The van der Waals surface area contributed by atoms with Gasteiger partial charge in [-0.15, -0.1) is 0 Å². The number of phenolic OH excluding ortho intramolecular Hbond substituents is 1. The van der Waals surface area contributed by atoms with Gasteiger partial charge in [0, 0.05) is 6.54 Å². The zero-order valence-electron chi connectivity index (χ0n) is 8.40. The molecule has 0 aliphatic carbocycles. The fraction of sp³-hybridized carbons (Fsp3) is 0.200. The van der Waals surface area contributed by atoms with Crippen LogP contribution < -0.4 is 10.7 Å². The third-order valence-electron chi connectivity index (χ3n) is 1.61. The Morgan fingerprint density at radius 3 is 2.73 bits per heavy atom. The molecule has 0 fully saturated rings. The van der Waals surface area contributed by atoms with Gasteiger partial charge in [-0.3, -0.25) is 5.43 Å². The second-order valence-corrected chi connectivity index (χ2v) is 3.23. The van der Waals surface area contributed by atoms with E-state index in [-0.39, 0.29) is 5.75 Å². The minimum Gasteiger partial charge on any atom is -0.508 e. The van der Waals surface area contributed by atoms with Gasteiger partial charge in [0.25, 0.3) is 0 Å². The molecule has 80 valence electrons. The average molecular weight is 223 g/mol. The van der Waals surface area contributed by atoms with Gasteiger partial charge in [0.2, 0.25) is 0 Å². The Morgan fingerprint density at radius 1 is 1.47 bits per heavy atom. The molecule has 15 heavy (non-hydrogen) atoms. The third kappa shape index (κ3) is 4.42. The molecule has 0 spiro atoms. The molecule has 0 atom stereocenters. The van der Waals surface area contributed by atoms with Crippen LogP contribution in [0.15, 0.2) is 29.4 Å². The van der Waals surface area contributed by atoms with Crippen LogP contribution in [-0.4, -0.2) is 23.0 Å². The number of nitrogens with one attached hydrogen (secondary N) is 2. The molecule has 0 heterocycles. The summed E-state index contributed by atoms with van der Waals surface area (Å²) in [5.41, 5.74) is 3.56. The monoisotopic (exact) mass is 223 g/mol. The van der Waals surface area contributed by atoms with Crippen molar-refractivity contribution in [1.29, 1.82) is 0 Å². The van der Waals surface area contributed by atoms with Crippen molar-refractivity contribution in [2.45, 2.75) is 6.92 Å². The SMILES string of the molecule is CCNC(=S)NN=Cc1ccc(O)cc1. The molecule has 0 radical (unpaired) electrons. The second-order valence-electron chi connectivity index (χ2n) is 2.82. The van der Waals surface area contributed by atoms with Crippen molar-refractivity contribution in [3.05, 3.63) is 29.8 Å². The lowest BCUT2D eigenvalue weighted by molar-refractivity contribution is 0.475. The van der Waals surface area contributed by atoms with Crippen LogP contribution in [0.2, 0.25) is 0 Å². The number of thiocarbonyl (C=S) groups is 1. The van der Waals surface area contributed by atoms with E-state index < -0.39 is 0 Å². The van der Waals surface area contributed by atoms with E-state index in [1.54, 1.807) is 30.5 Å². The molecule has 1 aromatic rings. The van der Waals surface area contributed by atoms with Crippen molar-refractivity contribution < 1.29 is 5.11 Å². The summed E-state index contributed by atoms with van der Waals surface area (Å²) in [5, 5.41) is 16.4. The molecule has 0 unspecified atom stereocenters. The van der Waals surface area contributed by atoms with Gasteiger partial charge in [-0.05, 0) is 49.0 Å². The fourth-order valence-electron chi connectivity index (χ4n) is 0.926. The van der Waals surface area contributed by atoms with Crippen molar-refractivity contribution in [3.8, 4) is 5.75 Å². The minimum absolute atomic E-state index is 0.239. The lowest BCUT2D eigenvalue weighted by Gasteiger charge is -2.02. The molecule has 5 heteroatoms. The lowest BCUT2D eigenvalue weighted by Crippen LogP contribution is -2.31. The van der Waals surface area contributed by atoms with Crippen LogP contribution in [-0.2, 0) is 0 Å². The summed E-state index contributed by atoms with van der Waals surface area (Å²) in [6.45, 7) is 2.72. The van der Waals surface area contributed by atoms with Gasteiger partial charge >= 0.3 is 0 Å². The normalized spacial score (nSPS) is 10.2. The Bertz CT molecular complexity index is 348. The molecular weight excluding hydrogens is 210 g/mol. The van der Waals surface area contributed by atoms with Crippen molar-refractivity contribution in [1.82, 2.24) is 10.7 Å². The van der Waals surface area contributed by atoms with E-state index in [0.29, 0.717) is 5.11 Å². The summed E-state index contributed by atoms with van der Waals surface area (Å²) in [4.78, 5) is 0. The first kappa shape index (κ1) is 11.5. The largest absolute Gasteiger partial charge is 0.508 e. The molecule has 1 aromatic carbocycles. The highest BCUT2D eigenvalue weighted by atomic mass is 32.1. The number of hydrogen-bond donors (Lipinski definition) is 3. The predicted molar refractivity (Wildman–Crippen MR) is 65.1 cm³/mol. The van der Waals surface area contributed by atoms with Crippen LogP contribution in [0, 0.1) is 0 Å². The summed E-state index contributed by atoms with van der Waals surface area (Å²) in [7, 11) is 0. The molecule has 4 nitrogen and oxygen atoms in total. The van der Waals surface area contributed by atoms with Crippen molar-refractivity contribution >= 4 is 23.5 Å². The maximum atomic E-state index is 9.05. The Hall–Kier alpha value is -1.62. The number of hydrazone groups is 1. The summed E-state index contributed by atoms with van der Waals surface area (Å²) >= 11 is 4.91. The number of hydrogen-bond acceptors (Lipinski definition) is 3. The van der Waals surface area contributed by atoms with E-state index >= 15 is 0 Å². The van der Waals surface area contributed by atoms with Gasteiger partial charge in [-0.25, -0.2) is 0 Å². The van der Waals surface area contributed by atoms with E-state index in [9.17, 15) is 0 Å². The maximum Gasteiger partial charge on any atom is 0.186 e. The van der Waals surface area contributed by atoms with Gasteiger partial charge in [-0.1, -0.05) is 0 Å². The van der Waals surface area contributed by atoms with Crippen LogP contribution in [0.3, 0.4) is 0 Å². The minimum atomic E-state index is 0.239. The molecule has 0 aliphatic rings. The number of phenols is 1. The Kier molecular flexibility index (Phi) is 4.56. The molecule has 0 bridgehead atoms. The average Bonchev–Trinajstić information content (AvgIpc) is 2.21. The van der Waals surface area contributed by atoms with E-state index in [0.717, 1.165) is 12.1 Å². The quantitative estimate of drug-likeness (QED) is 0.409. The number of benzene rings is 1. The summed E-state index contributed by atoms with van der Waals surface area (Å²) < 4.78 is 0. The molecule has 0 amide bonds. The van der Waals surface area contributed by atoms with Gasteiger partial charge < -0.3 is 10.4 Å². The molecule has 0 aromatic heterocycles. The maximum absolute atomic E-state index is 9.05. The highest BCUT2D eigenvalue weighted by molar-refractivity contribution is 7.80. The van der Waals surface area contributed by atoms with Gasteiger partial charge in [-0.2, -0.15) is 5.10 Å². The van der Waals surface area contributed by atoms with Crippen LogP contribution >= 0.6 is 12.2 Å². The zero-order chi connectivity index (χ0) is 11.1. The highest BCUT2D eigenvalue weighted by Gasteiger charge is 1.90. The Balaban J connectivity index is 2.44.